The Kier molecular flexibility index (Phi) is 23.7. The smallest absolute Gasteiger partial charge is 0 e. The second-order valence-electron chi connectivity index (χ2n) is 2.85. The van der Waals surface area contributed by atoms with Crippen LogP contribution in [0.15, 0.2) is 74.9 Å². The molecule has 131 valence electrons. The van der Waals surface area contributed by atoms with Crippen molar-refractivity contribution in [2.24, 2.45) is 0 Å². The van der Waals surface area contributed by atoms with Gasteiger partial charge in [-0.25, -0.2) is 0 Å². The molecule has 1 radical (unpaired) electrons. The molecule has 0 amide bonds. The van der Waals surface area contributed by atoms with Gasteiger partial charge in [0, 0.05) is 17.1 Å². The van der Waals surface area contributed by atoms with Crippen LogP contribution in [0.1, 0.15) is 0 Å². The van der Waals surface area contributed by atoms with Crippen LogP contribution in [0.4, 0.5) is 0 Å². The molecule has 0 saturated carbocycles. The van der Waals surface area contributed by atoms with Gasteiger partial charge in [-0.1, -0.05) is 74.9 Å². The van der Waals surface area contributed by atoms with Crippen LogP contribution in [-0.2, 0) is 28.0 Å². The maximum absolute atomic E-state index is 3.61. The first kappa shape index (κ1) is 25.2. The van der Waals surface area contributed by atoms with Crippen molar-refractivity contribution in [3.8, 4) is 0 Å². The maximum Gasteiger partial charge on any atom is 0 e. The third-order valence-corrected chi connectivity index (χ3v) is 1.49. The molecule has 0 aromatic carbocycles. The zero-order chi connectivity index (χ0) is 14.1. The van der Waals surface area contributed by atoms with Crippen LogP contribution in [0, 0.1) is 0 Å². The van der Waals surface area contributed by atoms with E-state index in [0.29, 0.717) is 0 Å². The van der Waals surface area contributed by atoms with E-state index in [1.54, 1.807) is 49.6 Å². The Morgan fingerprint density at radius 2 is 0.652 bits per heavy atom. The summed E-state index contributed by atoms with van der Waals surface area (Å²) < 4.78 is 0. The third kappa shape index (κ3) is 19.3. The molecule has 0 spiro atoms. The average Bonchev–Trinajstić information content (AvgIpc) is 3.40. The molecule has 6 N–H and O–H groups in total. The van der Waals surface area contributed by atoms with Crippen LogP contribution in [-0.4, -0.2) is 19.9 Å². The van der Waals surface area contributed by atoms with Gasteiger partial charge in [-0.3, -0.25) is 0 Å². The van der Waals surface area contributed by atoms with E-state index in [1.165, 1.54) is 25.3 Å². The molecule has 0 fully saturated rings. The van der Waals surface area contributed by atoms with E-state index in [9.17, 15) is 0 Å². The van der Waals surface area contributed by atoms with Gasteiger partial charge in [-0.2, -0.15) is 0 Å². The van der Waals surface area contributed by atoms with E-state index >= 15 is 0 Å². The Balaban J connectivity index is -0.000000222. The third-order valence-electron chi connectivity index (χ3n) is 1.49. The fourth-order valence-corrected chi connectivity index (χ4v) is 0.770. The van der Waals surface area contributed by atoms with Crippen molar-refractivity contribution >= 4 is 0 Å². The average molecular weight is 370 g/mol. The Morgan fingerprint density at radius 3 is 0.696 bits per heavy atom. The zero-order valence-corrected chi connectivity index (χ0v) is 12.9. The molecule has 0 unspecified atom stereocenters. The fraction of sp³-hybridized carbons (Fsp3) is 0. The number of rotatable bonds is 0. The minimum absolute atomic E-state index is 0. The Hall–Kier alpha value is -2.72. The number of hydrogen-bond donors (Lipinski definition) is 0. The first-order valence-corrected chi connectivity index (χ1v) is 5.46. The molecule has 4 aromatic rings. The number of imidazole rings is 4. The summed E-state index contributed by atoms with van der Waals surface area (Å²) in [7, 11) is 0. The Bertz CT molecular complexity index is 366. The summed E-state index contributed by atoms with van der Waals surface area (Å²) in [5.41, 5.74) is 0. The van der Waals surface area contributed by atoms with Gasteiger partial charge < -0.3 is 50.8 Å². The van der Waals surface area contributed by atoms with Crippen LogP contribution < -0.4 is 19.9 Å². The van der Waals surface area contributed by atoms with Crippen molar-refractivity contribution in [3.63, 3.8) is 0 Å². The first-order chi connectivity index (χ1) is 10.0. The maximum atomic E-state index is 3.61. The van der Waals surface area contributed by atoms with Crippen molar-refractivity contribution in [1.29, 1.82) is 0 Å². The van der Waals surface area contributed by atoms with Crippen LogP contribution in [0.2, 0.25) is 0 Å². The molecular weight excluding hydrogens is 352 g/mol. The van der Waals surface area contributed by atoms with Crippen molar-refractivity contribution < 1.29 is 28.0 Å². The van der Waals surface area contributed by atoms with Gasteiger partial charge in [0.05, 0.1) is 0 Å². The SMILES string of the molecule is [Cu].[OH3+].[OH3+].c1c[n-]cn1.c1c[n-]cn1.c1c[n-]cn1.c1c[n-]cn1. The van der Waals surface area contributed by atoms with E-state index < -0.39 is 0 Å². The molecule has 0 aliphatic rings. The minimum atomic E-state index is 0. The van der Waals surface area contributed by atoms with E-state index in [2.05, 4.69) is 39.9 Å². The zero-order valence-electron chi connectivity index (χ0n) is 12.0. The molecule has 0 aliphatic carbocycles. The van der Waals surface area contributed by atoms with E-state index in [0.717, 1.165) is 0 Å². The molecule has 10 nitrogen and oxygen atoms in total. The van der Waals surface area contributed by atoms with Crippen LogP contribution >= 0.6 is 0 Å². The standard InChI is InChI=1S/4C3H3N2.Cu.2H2O/c4*1-2-5-3-4-1;;;/h4*1-3H;;2*1H2/q4*-1;;;/p+2. The van der Waals surface area contributed by atoms with Gasteiger partial charge in [0.1, 0.15) is 0 Å². The summed E-state index contributed by atoms with van der Waals surface area (Å²) >= 11 is 0. The summed E-state index contributed by atoms with van der Waals surface area (Å²) in [5, 5.41) is 0. The Morgan fingerprint density at radius 1 is 0.435 bits per heavy atom. The molecule has 4 rings (SSSR count). The molecule has 0 saturated heterocycles. The van der Waals surface area contributed by atoms with Gasteiger partial charge in [0.25, 0.3) is 0 Å². The van der Waals surface area contributed by atoms with Crippen LogP contribution in [0.25, 0.3) is 0 Å². The van der Waals surface area contributed by atoms with Crippen molar-refractivity contribution in [2.75, 3.05) is 0 Å². The van der Waals surface area contributed by atoms with E-state index in [4.69, 9.17) is 0 Å². The molecule has 11 heteroatoms. The second kappa shape index (κ2) is 21.6. The quantitative estimate of drug-likeness (QED) is 0.260. The summed E-state index contributed by atoms with van der Waals surface area (Å²) in [4.78, 5) is 28.9. The van der Waals surface area contributed by atoms with Crippen LogP contribution in [0.3, 0.4) is 0 Å². The normalized spacial score (nSPS) is 6.96. The summed E-state index contributed by atoms with van der Waals surface area (Å²) in [6.45, 7) is 0. The van der Waals surface area contributed by atoms with Gasteiger partial charge >= 0.3 is 0 Å². The van der Waals surface area contributed by atoms with Crippen molar-refractivity contribution in [2.45, 2.75) is 0 Å². The number of aromatic nitrogens is 8. The summed E-state index contributed by atoms with van der Waals surface area (Å²) in [6, 6.07) is 0. The summed E-state index contributed by atoms with van der Waals surface area (Å²) in [5.74, 6) is 0. The van der Waals surface area contributed by atoms with Crippen molar-refractivity contribution in [1.82, 2.24) is 39.9 Å². The monoisotopic (exact) mass is 369 g/mol. The van der Waals surface area contributed by atoms with Crippen LogP contribution in [0.5, 0.6) is 0 Å². The summed E-state index contributed by atoms with van der Waals surface area (Å²) in [6.07, 6.45) is 19.1. The van der Waals surface area contributed by atoms with Gasteiger partial charge in [0.2, 0.25) is 0 Å². The molecule has 0 bridgehead atoms. The number of nitrogens with zero attached hydrogens (tertiary/aromatic N) is 8. The van der Waals surface area contributed by atoms with Crippen molar-refractivity contribution in [3.05, 3.63) is 74.9 Å². The molecule has 0 aliphatic heterocycles. The number of hydrogen-bond acceptors (Lipinski definition) is 4. The van der Waals surface area contributed by atoms with Gasteiger partial charge in [0.15, 0.2) is 0 Å². The molecule has 0 atom stereocenters. The largest absolute Gasteiger partial charge is 0.457 e. The van der Waals surface area contributed by atoms with Gasteiger partial charge in [-0.15, -0.1) is 0 Å². The van der Waals surface area contributed by atoms with E-state index in [1.807, 2.05) is 0 Å². The predicted octanol–water partition coefficient (Wildman–Crippen LogP) is -1.69. The van der Waals surface area contributed by atoms with E-state index in [-0.39, 0.29) is 28.0 Å². The molecule has 23 heavy (non-hydrogen) atoms. The first-order valence-electron chi connectivity index (χ1n) is 5.46. The molecular formula is C12H18CuN8O2-2. The topological polar surface area (TPSA) is 174 Å². The minimum Gasteiger partial charge on any atom is -0.457 e. The fourth-order valence-electron chi connectivity index (χ4n) is 0.770. The molecule has 4 heterocycles. The van der Waals surface area contributed by atoms with Gasteiger partial charge in [-0.05, 0) is 0 Å². The Labute approximate surface area is 143 Å². The predicted molar refractivity (Wildman–Crippen MR) is 80.0 cm³/mol. The second-order valence-corrected chi connectivity index (χ2v) is 2.85. The molecule has 4 aromatic heterocycles.